The van der Waals surface area contributed by atoms with Gasteiger partial charge in [0.25, 0.3) is 5.91 Å². The number of carbonyl (C=O) groups is 1. The third-order valence-corrected chi connectivity index (χ3v) is 3.62. The molecule has 0 fully saturated rings. The molecule has 0 bridgehead atoms. The number of carbonyl (C=O) groups excluding carboxylic acids is 1. The molecule has 0 aliphatic carbocycles. The van der Waals surface area contributed by atoms with Crippen molar-refractivity contribution < 1.29 is 9.53 Å². The number of methoxy groups -OCH3 is 1. The average Bonchev–Trinajstić information content (AvgIpc) is 2.47. The van der Waals surface area contributed by atoms with Crippen molar-refractivity contribution in [1.82, 2.24) is 5.32 Å². The Kier molecular flexibility index (Phi) is 7.23. The Morgan fingerprint density at radius 2 is 1.86 bits per heavy atom. The molecule has 1 amide bonds. The smallest absolute Gasteiger partial charge is 0.251 e. The summed E-state index contributed by atoms with van der Waals surface area (Å²) in [4.78, 5) is 14.5. The zero-order chi connectivity index (χ0) is 15.8. The summed E-state index contributed by atoms with van der Waals surface area (Å²) in [6.07, 6.45) is 0.856. The lowest BCUT2D eigenvalue weighted by molar-refractivity contribution is 0.0894. The SMILES string of the molecule is CCC(COC)NC(=O)c1ccc(N(CC)C(C)C)cc1. The molecule has 0 spiro atoms. The Labute approximate surface area is 128 Å². The number of hydrogen-bond acceptors (Lipinski definition) is 3. The molecule has 0 aliphatic heterocycles. The minimum Gasteiger partial charge on any atom is -0.383 e. The van der Waals surface area contributed by atoms with Crippen LogP contribution in [-0.2, 0) is 4.74 Å². The molecule has 1 unspecified atom stereocenters. The maximum Gasteiger partial charge on any atom is 0.251 e. The predicted octanol–water partition coefficient (Wildman–Crippen LogP) is 3.08. The standard InChI is InChI=1S/C17H28N2O2/c1-6-15(12-21-5)18-17(20)14-8-10-16(11-9-14)19(7-2)13(3)4/h8-11,13,15H,6-7,12H2,1-5H3,(H,18,20). The van der Waals surface area contributed by atoms with E-state index in [9.17, 15) is 4.79 Å². The normalized spacial score (nSPS) is 12.3. The van der Waals surface area contributed by atoms with Crippen molar-refractivity contribution in [2.45, 2.75) is 46.2 Å². The van der Waals surface area contributed by atoms with E-state index in [1.54, 1.807) is 7.11 Å². The van der Waals surface area contributed by atoms with Gasteiger partial charge in [-0.25, -0.2) is 0 Å². The van der Waals surface area contributed by atoms with Gasteiger partial charge in [0.05, 0.1) is 12.6 Å². The van der Waals surface area contributed by atoms with Crippen LogP contribution in [0, 0.1) is 0 Å². The number of rotatable bonds is 8. The molecule has 1 atom stereocenters. The summed E-state index contributed by atoms with van der Waals surface area (Å²) in [5, 5.41) is 2.99. The van der Waals surface area contributed by atoms with Gasteiger partial charge in [0, 0.05) is 30.9 Å². The number of amides is 1. The van der Waals surface area contributed by atoms with E-state index in [4.69, 9.17) is 4.74 Å². The van der Waals surface area contributed by atoms with Gasteiger partial charge in [0.15, 0.2) is 0 Å². The lowest BCUT2D eigenvalue weighted by atomic mass is 10.1. The maximum atomic E-state index is 12.2. The van der Waals surface area contributed by atoms with Crippen molar-refractivity contribution in [1.29, 1.82) is 0 Å². The highest BCUT2D eigenvalue weighted by molar-refractivity contribution is 5.94. The molecule has 1 aromatic rings. The second kappa shape index (κ2) is 8.67. The Bertz CT molecular complexity index is 429. The summed E-state index contributed by atoms with van der Waals surface area (Å²) in [5.74, 6) is -0.0435. The van der Waals surface area contributed by atoms with E-state index in [1.807, 2.05) is 31.2 Å². The van der Waals surface area contributed by atoms with Crippen LogP contribution in [0.5, 0.6) is 0 Å². The van der Waals surface area contributed by atoms with Gasteiger partial charge in [-0.1, -0.05) is 6.92 Å². The molecular weight excluding hydrogens is 264 g/mol. The third-order valence-electron chi connectivity index (χ3n) is 3.62. The van der Waals surface area contributed by atoms with Crippen LogP contribution < -0.4 is 10.2 Å². The van der Waals surface area contributed by atoms with Gasteiger partial charge in [0.2, 0.25) is 0 Å². The van der Waals surface area contributed by atoms with Crippen molar-refractivity contribution in [2.24, 2.45) is 0 Å². The second-order valence-corrected chi connectivity index (χ2v) is 5.46. The number of benzene rings is 1. The average molecular weight is 292 g/mol. The van der Waals surface area contributed by atoms with Crippen molar-refractivity contribution in [3.63, 3.8) is 0 Å². The highest BCUT2D eigenvalue weighted by atomic mass is 16.5. The Morgan fingerprint density at radius 3 is 2.29 bits per heavy atom. The highest BCUT2D eigenvalue weighted by Crippen LogP contribution is 2.17. The summed E-state index contributed by atoms with van der Waals surface area (Å²) < 4.78 is 5.10. The predicted molar refractivity (Wildman–Crippen MR) is 88.0 cm³/mol. The van der Waals surface area contributed by atoms with Gasteiger partial charge in [-0.3, -0.25) is 4.79 Å². The van der Waals surface area contributed by atoms with Crippen LogP contribution >= 0.6 is 0 Å². The summed E-state index contributed by atoms with van der Waals surface area (Å²) in [6.45, 7) is 10.00. The van der Waals surface area contributed by atoms with Crippen LogP contribution in [0.15, 0.2) is 24.3 Å². The van der Waals surface area contributed by atoms with E-state index in [2.05, 4.69) is 31.0 Å². The number of nitrogens with zero attached hydrogens (tertiary/aromatic N) is 1. The molecule has 4 heteroatoms. The molecule has 0 radical (unpaired) electrons. The van der Waals surface area contributed by atoms with Gasteiger partial charge in [-0.15, -0.1) is 0 Å². The first-order chi connectivity index (χ1) is 10.0. The van der Waals surface area contributed by atoms with E-state index < -0.39 is 0 Å². The maximum absolute atomic E-state index is 12.2. The van der Waals surface area contributed by atoms with Gasteiger partial charge >= 0.3 is 0 Å². The third kappa shape index (κ3) is 5.05. The van der Waals surface area contributed by atoms with Crippen LogP contribution in [0.25, 0.3) is 0 Å². The van der Waals surface area contributed by atoms with Crippen LogP contribution in [-0.4, -0.2) is 38.3 Å². The minimum absolute atomic E-state index is 0.0435. The fraction of sp³-hybridized carbons (Fsp3) is 0.588. The van der Waals surface area contributed by atoms with Crippen LogP contribution in [0.3, 0.4) is 0 Å². The molecule has 0 saturated heterocycles. The summed E-state index contributed by atoms with van der Waals surface area (Å²) in [7, 11) is 1.65. The monoisotopic (exact) mass is 292 g/mol. The number of hydrogen-bond donors (Lipinski definition) is 1. The molecule has 0 saturated carbocycles. The topological polar surface area (TPSA) is 41.6 Å². The molecule has 118 valence electrons. The van der Waals surface area contributed by atoms with Gasteiger partial charge in [-0.05, 0) is 51.5 Å². The zero-order valence-electron chi connectivity index (χ0n) is 13.8. The number of ether oxygens (including phenoxy) is 1. The largest absolute Gasteiger partial charge is 0.383 e. The van der Waals surface area contributed by atoms with Crippen molar-refractivity contribution in [2.75, 3.05) is 25.2 Å². The van der Waals surface area contributed by atoms with Crippen LogP contribution in [0.1, 0.15) is 44.5 Å². The fourth-order valence-electron chi connectivity index (χ4n) is 2.38. The zero-order valence-corrected chi connectivity index (χ0v) is 13.8. The lowest BCUT2D eigenvalue weighted by Crippen LogP contribution is -2.37. The molecule has 0 aromatic heterocycles. The number of anilines is 1. The van der Waals surface area contributed by atoms with Crippen molar-refractivity contribution in [3.05, 3.63) is 29.8 Å². The molecule has 21 heavy (non-hydrogen) atoms. The summed E-state index contributed by atoms with van der Waals surface area (Å²) in [6, 6.07) is 8.29. The molecule has 0 heterocycles. The first-order valence-corrected chi connectivity index (χ1v) is 7.69. The van der Waals surface area contributed by atoms with E-state index in [0.717, 1.165) is 18.7 Å². The first-order valence-electron chi connectivity index (χ1n) is 7.69. The van der Waals surface area contributed by atoms with Crippen molar-refractivity contribution >= 4 is 11.6 Å². The van der Waals surface area contributed by atoms with Gasteiger partial charge < -0.3 is 15.0 Å². The summed E-state index contributed by atoms with van der Waals surface area (Å²) in [5.41, 5.74) is 1.83. The van der Waals surface area contributed by atoms with E-state index in [-0.39, 0.29) is 11.9 Å². The molecule has 0 aliphatic rings. The molecular formula is C17H28N2O2. The van der Waals surface area contributed by atoms with Crippen LogP contribution in [0.2, 0.25) is 0 Å². The van der Waals surface area contributed by atoms with Crippen molar-refractivity contribution in [3.8, 4) is 0 Å². The van der Waals surface area contributed by atoms with E-state index in [1.165, 1.54) is 0 Å². The number of nitrogens with one attached hydrogen (secondary N) is 1. The fourth-order valence-corrected chi connectivity index (χ4v) is 2.38. The molecule has 4 nitrogen and oxygen atoms in total. The molecule has 1 aromatic carbocycles. The van der Waals surface area contributed by atoms with Crippen LogP contribution in [0.4, 0.5) is 5.69 Å². The van der Waals surface area contributed by atoms with E-state index >= 15 is 0 Å². The quantitative estimate of drug-likeness (QED) is 0.800. The van der Waals surface area contributed by atoms with Gasteiger partial charge in [0.1, 0.15) is 0 Å². The molecule has 1 N–H and O–H groups in total. The second-order valence-electron chi connectivity index (χ2n) is 5.46. The summed E-state index contributed by atoms with van der Waals surface area (Å²) >= 11 is 0. The Hall–Kier alpha value is -1.55. The lowest BCUT2D eigenvalue weighted by Gasteiger charge is -2.27. The highest BCUT2D eigenvalue weighted by Gasteiger charge is 2.13. The minimum atomic E-state index is -0.0435. The Balaban J connectivity index is 2.75. The van der Waals surface area contributed by atoms with Gasteiger partial charge in [-0.2, -0.15) is 0 Å². The van der Waals surface area contributed by atoms with E-state index in [0.29, 0.717) is 18.2 Å². The Morgan fingerprint density at radius 1 is 1.24 bits per heavy atom. The first kappa shape index (κ1) is 17.5. The molecule has 1 rings (SSSR count).